The second-order valence-electron chi connectivity index (χ2n) is 5.67. The van der Waals surface area contributed by atoms with Crippen LogP contribution in [-0.2, 0) is 0 Å². The predicted octanol–water partition coefficient (Wildman–Crippen LogP) is 2.61. The van der Waals surface area contributed by atoms with Crippen molar-refractivity contribution in [3.63, 3.8) is 0 Å². The number of nitrogens with two attached hydrogens (primary N) is 1. The lowest BCUT2D eigenvalue weighted by Gasteiger charge is -2.43. The van der Waals surface area contributed by atoms with Crippen LogP contribution in [0, 0.1) is 0 Å². The molecule has 22 heavy (non-hydrogen) atoms. The van der Waals surface area contributed by atoms with Gasteiger partial charge in [-0.25, -0.2) is 0 Å². The van der Waals surface area contributed by atoms with Crippen LogP contribution in [0.5, 0.6) is 5.75 Å². The highest BCUT2D eigenvalue weighted by Crippen LogP contribution is 2.27. The summed E-state index contributed by atoms with van der Waals surface area (Å²) in [7, 11) is 0. The number of amides is 1. The number of likely N-dealkylation sites (tertiary alicyclic amines) is 1. The lowest BCUT2D eigenvalue weighted by molar-refractivity contribution is -0.00525. The first-order valence-electron chi connectivity index (χ1n) is 7.49. The summed E-state index contributed by atoms with van der Waals surface area (Å²) in [6, 6.07) is 17.9. The van der Waals surface area contributed by atoms with E-state index in [1.54, 1.807) is 18.2 Å². The van der Waals surface area contributed by atoms with Crippen molar-refractivity contribution >= 4 is 5.91 Å². The van der Waals surface area contributed by atoms with Crippen LogP contribution in [0.25, 0.3) is 0 Å². The van der Waals surface area contributed by atoms with E-state index in [4.69, 9.17) is 10.5 Å². The topological polar surface area (TPSA) is 55.6 Å². The first-order valence-corrected chi connectivity index (χ1v) is 7.49. The van der Waals surface area contributed by atoms with E-state index in [1.165, 1.54) is 5.56 Å². The summed E-state index contributed by atoms with van der Waals surface area (Å²) in [5.74, 6) is 0.270. The molecule has 3 rings (SSSR count). The van der Waals surface area contributed by atoms with E-state index in [1.807, 2.05) is 12.1 Å². The molecule has 1 amide bonds. The molecule has 0 spiro atoms. The summed E-state index contributed by atoms with van der Waals surface area (Å²) < 4.78 is 5.91. The van der Waals surface area contributed by atoms with Gasteiger partial charge in [-0.05, 0) is 30.7 Å². The van der Waals surface area contributed by atoms with Crippen LogP contribution in [0.4, 0.5) is 0 Å². The first kappa shape index (κ1) is 14.6. The highest BCUT2D eigenvalue weighted by molar-refractivity contribution is 5.93. The van der Waals surface area contributed by atoms with Crippen molar-refractivity contribution in [2.75, 3.05) is 13.1 Å². The van der Waals surface area contributed by atoms with Crippen LogP contribution >= 0.6 is 0 Å². The lowest BCUT2D eigenvalue weighted by atomic mass is 10.0. The number of nitrogens with zero attached hydrogens (tertiary/aromatic N) is 1. The molecule has 1 fully saturated rings. The third kappa shape index (κ3) is 3.12. The highest BCUT2D eigenvalue weighted by atomic mass is 16.5. The van der Waals surface area contributed by atoms with Gasteiger partial charge in [-0.2, -0.15) is 0 Å². The zero-order valence-electron chi connectivity index (χ0n) is 12.6. The molecule has 1 saturated heterocycles. The Morgan fingerprint density at radius 1 is 1.18 bits per heavy atom. The van der Waals surface area contributed by atoms with Crippen molar-refractivity contribution in [2.45, 2.75) is 19.1 Å². The lowest BCUT2D eigenvalue weighted by Crippen LogP contribution is -2.54. The van der Waals surface area contributed by atoms with Crippen molar-refractivity contribution in [3.05, 3.63) is 65.7 Å². The summed E-state index contributed by atoms with van der Waals surface area (Å²) in [6.07, 6.45) is 0.161. The molecule has 0 aromatic heterocycles. The molecular formula is C18H20N2O2. The summed E-state index contributed by atoms with van der Waals surface area (Å²) in [6.45, 7) is 3.98. The summed E-state index contributed by atoms with van der Waals surface area (Å²) in [5.41, 5.74) is 7.08. The van der Waals surface area contributed by atoms with E-state index in [2.05, 4.69) is 36.1 Å². The predicted molar refractivity (Wildman–Crippen MR) is 85.8 cm³/mol. The molecule has 0 aliphatic carbocycles. The Labute approximate surface area is 130 Å². The van der Waals surface area contributed by atoms with Gasteiger partial charge in [0.1, 0.15) is 11.9 Å². The number of carbonyl (C=O) groups excluding carboxylic acids is 1. The van der Waals surface area contributed by atoms with E-state index in [0.717, 1.165) is 13.1 Å². The number of carbonyl (C=O) groups is 1. The smallest absolute Gasteiger partial charge is 0.248 e. The average Bonchev–Trinajstić information content (AvgIpc) is 2.51. The Balaban J connectivity index is 1.56. The van der Waals surface area contributed by atoms with Gasteiger partial charge in [0.25, 0.3) is 0 Å². The molecule has 1 unspecified atom stereocenters. The second kappa shape index (κ2) is 6.20. The Bertz CT molecular complexity index is 651. The highest BCUT2D eigenvalue weighted by Gasteiger charge is 2.32. The summed E-state index contributed by atoms with van der Waals surface area (Å²) in [5, 5.41) is 0. The largest absolute Gasteiger partial charge is 0.488 e. The van der Waals surface area contributed by atoms with Gasteiger partial charge in [-0.15, -0.1) is 0 Å². The van der Waals surface area contributed by atoms with Crippen LogP contribution in [0.3, 0.4) is 0 Å². The minimum Gasteiger partial charge on any atom is -0.488 e. The minimum atomic E-state index is -0.432. The van der Waals surface area contributed by atoms with Crippen LogP contribution in [0.15, 0.2) is 54.6 Å². The maximum Gasteiger partial charge on any atom is 0.248 e. The van der Waals surface area contributed by atoms with Crippen molar-refractivity contribution in [1.29, 1.82) is 0 Å². The third-order valence-electron chi connectivity index (χ3n) is 4.13. The normalized spacial score (nSPS) is 16.8. The number of primary amides is 1. The molecule has 1 aliphatic rings. The number of rotatable bonds is 5. The SMILES string of the molecule is CC(c1ccccc1)N1CC(Oc2cccc(C(N)=O)c2)C1. The van der Waals surface area contributed by atoms with Gasteiger partial charge >= 0.3 is 0 Å². The Morgan fingerprint density at radius 2 is 1.91 bits per heavy atom. The molecule has 2 N–H and O–H groups in total. The monoisotopic (exact) mass is 296 g/mol. The first-order chi connectivity index (χ1) is 10.6. The van der Waals surface area contributed by atoms with E-state index in [9.17, 15) is 4.79 Å². The molecule has 1 heterocycles. The quantitative estimate of drug-likeness (QED) is 0.922. The van der Waals surface area contributed by atoms with Gasteiger partial charge in [0.15, 0.2) is 0 Å². The van der Waals surface area contributed by atoms with Crippen LogP contribution in [0.2, 0.25) is 0 Å². The van der Waals surface area contributed by atoms with Gasteiger partial charge in [0, 0.05) is 24.7 Å². The van der Waals surface area contributed by atoms with E-state index >= 15 is 0 Å². The zero-order valence-corrected chi connectivity index (χ0v) is 12.6. The summed E-state index contributed by atoms with van der Waals surface area (Å²) in [4.78, 5) is 13.6. The average molecular weight is 296 g/mol. The minimum absolute atomic E-state index is 0.161. The van der Waals surface area contributed by atoms with Gasteiger partial charge < -0.3 is 10.5 Å². The molecule has 0 saturated carbocycles. The van der Waals surface area contributed by atoms with Crippen LogP contribution in [-0.4, -0.2) is 30.0 Å². The fourth-order valence-corrected chi connectivity index (χ4v) is 2.72. The fraction of sp³-hybridized carbons (Fsp3) is 0.278. The zero-order chi connectivity index (χ0) is 15.5. The van der Waals surface area contributed by atoms with Crippen molar-refractivity contribution in [2.24, 2.45) is 5.73 Å². The van der Waals surface area contributed by atoms with Gasteiger partial charge in [0.2, 0.25) is 5.91 Å². The van der Waals surface area contributed by atoms with E-state index in [0.29, 0.717) is 17.4 Å². The Hall–Kier alpha value is -2.33. The van der Waals surface area contributed by atoms with E-state index in [-0.39, 0.29) is 6.10 Å². The Morgan fingerprint density at radius 3 is 2.59 bits per heavy atom. The molecule has 0 radical (unpaired) electrons. The van der Waals surface area contributed by atoms with E-state index < -0.39 is 5.91 Å². The Kier molecular flexibility index (Phi) is 4.11. The van der Waals surface area contributed by atoms with Crippen LogP contribution in [0.1, 0.15) is 28.9 Å². The van der Waals surface area contributed by atoms with Crippen molar-refractivity contribution in [1.82, 2.24) is 4.90 Å². The van der Waals surface area contributed by atoms with Gasteiger partial charge in [-0.3, -0.25) is 9.69 Å². The maximum atomic E-state index is 11.2. The van der Waals surface area contributed by atoms with Gasteiger partial charge in [-0.1, -0.05) is 36.4 Å². The van der Waals surface area contributed by atoms with Crippen molar-refractivity contribution < 1.29 is 9.53 Å². The summed E-state index contributed by atoms with van der Waals surface area (Å²) >= 11 is 0. The van der Waals surface area contributed by atoms with Crippen LogP contribution < -0.4 is 10.5 Å². The molecule has 2 aromatic rings. The van der Waals surface area contributed by atoms with Crippen molar-refractivity contribution in [3.8, 4) is 5.75 Å². The number of hydrogen-bond donors (Lipinski definition) is 1. The molecule has 114 valence electrons. The van der Waals surface area contributed by atoms with Gasteiger partial charge in [0.05, 0.1) is 0 Å². The number of hydrogen-bond acceptors (Lipinski definition) is 3. The molecule has 4 nitrogen and oxygen atoms in total. The molecule has 1 atom stereocenters. The maximum absolute atomic E-state index is 11.2. The molecule has 2 aromatic carbocycles. The fourth-order valence-electron chi connectivity index (χ4n) is 2.72. The second-order valence-corrected chi connectivity index (χ2v) is 5.67. The molecule has 1 aliphatic heterocycles. The third-order valence-corrected chi connectivity index (χ3v) is 4.13. The standard InChI is InChI=1S/C18H20N2O2/c1-13(14-6-3-2-4-7-14)20-11-17(12-20)22-16-9-5-8-15(10-16)18(19)21/h2-10,13,17H,11-12H2,1H3,(H2,19,21). The molecule has 0 bridgehead atoms. The molecule has 4 heteroatoms. The number of benzene rings is 2. The number of ether oxygens (including phenoxy) is 1. The molecular weight excluding hydrogens is 276 g/mol.